The smallest absolute Gasteiger partial charge is 0.342 e. The highest BCUT2D eigenvalue weighted by Gasteiger charge is 2.32. The average molecular weight is 502 g/mol. The molecule has 37 heavy (non-hydrogen) atoms. The molecule has 1 aliphatic rings. The Morgan fingerprint density at radius 2 is 1.76 bits per heavy atom. The maximum absolute atomic E-state index is 13.4. The van der Waals surface area contributed by atoms with E-state index in [1.54, 1.807) is 6.20 Å². The number of pyridine rings is 1. The Labute approximate surface area is 221 Å². The van der Waals surface area contributed by atoms with Crippen LogP contribution in [-0.2, 0) is 11.3 Å². The molecule has 0 amide bonds. The summed E-state index contributed by atoms with van der Waals surface area (Å²) in [7, 11) is 0. The van der Waals surface area contributed by atoms with Crippen molar-refractivity contribution >= 4 is 11.8 Å². The van der Waals surface area contributed by atoms with Crippen LogP contribution in [0.2, 0.25) is 0 Å². The number of esters is 1. The van der Waals surface area contributed by atoms with Crippen molar-refractivity contribution in [1.82, 2.24) is 9.88 Å². The molecule has 1 aromatic heterocycles. The van der Waals surface area contributed by atoms with E-state index in [4.69, 9.17) is 14.5 Å². The van der Waals surface area contributed by atoms with Crippen LogP contribution in [-0.4, -0.2) is 53.7 Å². The Kier molecular flexibility index (Phi) is 8.82. The highest BCUT2D eigenvalue weighted by molar-refractivity contribution is 6.02. The van der Waals surface area contributed by atoms with Gasteiger partial charge < -0.3 is 14.4 Å². The summed E-state index contributed by atoms with van der Waals surface area (Å²) in [6.45, 7) is 13.4. The van der Waals surface area contributed by atoms with Gasteiger partial charge >= 0.3 is 5.97 Å². The second kappa shape index (κ2) is 12.2. The Morgan fingerprint density at radius 1 is 1.03 bits per heavy atom. The number of rotatable bonds is 10. The van der Waals surface area contributed by atoms with Crippen molar-refractivity contribution in [3.05, 3.63) is 78.0 Å². The lowest BCUT2D eigenvalue weighted by Crippen LogP contribution is -2.37. The number of nitrogens with zero attached hydrogens (tertiary/aromatic N) is 3. The third-order valence-corrected chi connectivity index (χ3v) is 6.66. The molecule has 1 saturated heterocycles. The van der Waals surface area contributed by atoms with Gasteiger partial charge in [0.15, 0.2) is 0 Å². The number of carbonyl (C=O) groups excluding carboxylic acids is 1. The van der Waals surface area contributed by atoms with Crippen molar-refractivity contribution in [3.63, 3.8) is 0 Å². The van der Waals surface area contributed by atoms with E-state index in [1.807, 2.05) is 56.3 Å². The van der Waals surface area contributed by atoms with Crippen LogP contribution in [0.5, 0.6) is 5.75 Å². The predicted molar refractivity (Wildman–Crippen MR) is 149 cm³/mol. The summed E-state index contributed by atoms with van der Waals surface area (Å²) in [5, 5.41) is 0. The largest absolute Gasteiger partial charge is 0.491 e. The maximum atomic E-state index is 13.4. The van der Waals surface area contributed by atoms with Gasteiger partial charge in [-0.25, -0.2) is 9.78 Å². The number of hydrogen-bond acceptors (Lipinski definition) is 6. The summed E-state index contributed by atoms with van der Waals surface area (Å²) in [6, 6.07) is 20.5. The van der Waals surface area contributed by atoms with Crippen LogP contribution >= 0.6 is 0 Å². The van der Waals surface area contributed by atoms with E-state index in [1.165, 1.54) is 5.56 Å². The highest BCUT2D eigenvalue weighted by atomic mass is 16.5. The van der Waals surface area contributed by atoms with Gasteiger partial charge in [0.25, 0.3) is 0 Å². The molecule has 6 nitrogen and oxygen atoms in total. The van der Waals surface area contributed by atoms with Crippen LogP contribution in [0.25, 0.3) is 11.1 Å². The third-order valence-electron chi connectivity index (χ3n) is 6.66. The zero-order valence-corrected chi connectivity index (χ0v) is 22.7. The normalized spacial score (nSPS) is 15.6. The molecule has 0 aliphatic carbocycles. The lowest BCUT2D eigenvalue weighted by atomic mass is 10.0. The van der Waals surface area contributed by atoms with Gasteiger partial charge in [0.05, 0.1) is 12.2 Å². The summed E-state index contributed by atoms with van der Waals surface area (Å²) in [5.41, 5.74) is 3.57. The summed E-state index contributed by atoms with van der Waals surface area (Å²) >= 11 is 0. The summed E-state index contributed by atoms with van der Waals surface area (Å²) in [4.78, 5) is 22.8. The summed E-state index contributed by atoms with van der Waals surface area (Å²) in [5.74, 6) is 1.32. The first-order chi connectivity index (χ1) is 17.9. The van der Waals surface area contributed by atoms with E-state index in [9.17, 15) is 4.79 Å². The first-order valence-corrected chi connectivity index (χ1v) is 13.4. The molecule has 0 spiro atoms. The fourth-order valence-electron chi connectivity index (χ4n) is 4.98. The average Bonchev–Trinajstić information content (AvgIpc) is 3.37. The van der Waals surface area contributed by atoms with E-state index in [0.29, 0.717) is 17.4 Å². The van der Waals surface area contributed by atoms with E-state index < -0.39 is 0 Å². The molecule has 3 aromatic rings. The minimum Gasteiger partial charge on any atom is -0.491 e. The number of benzene rings is 2. The minimum atomic E-state index is -0.326. The highest BCUT2D eigenvalue weighted by Crippen LogP contribution is 2.33. The molecule has 2 aromatic carbocycles. The van der Waals surface area contributed by atoms with Gasteiger partial charge in [-0.2, -0.15) is 0 Å². The van der Waals surface area contributed by atoms with Crippen LogP contribution in [0.3, 0.4) is 0 Å². The van der Waals surface area contributed by atoms with Crippen molar-refractivity contribution in [3.8, 4) is 16.9 Å². The molecule has 4 rings (SSSR count). The summed E-state index contributed by atoms with van der Waals surface area (Å²) in [6.07, 6.45) is 2.72. The van der Waals surface area contributed by atoms with Crippen LogP contribution in [0, 0.1) is 0 Å². The molecular weight excluding hydrogens is 462 g/mol. The molecule has 1 unspecified atom stereocenters. The molecule has 0 saturated carbocycles. The number of hydrogen-bond donors (Lipinski definition) is 0. The number of carbonyl (C=O) groups is 1. The van der Waals surface area contributed by atoms with Crippen molar-refractivity contribution < 1.29 is 14.3 Å². The van der Waals surface area contributed by atoms with Gasteiger partial charge in [0.2, 0.25) is 0 Å². The predicted octanol–water partition coefficient (Wildman–Crippen LogP) is 6.20. The van der Waals surface area contributed by atoms with Gasteiger partial charge in [-0.1, -0.05) is 55.5 Å². The first kappa shape index (κ1) is 26.7. The third kappa shape index (κ3) is 6.50. The molecule has 0 radical (unpaired) electrons. The molecule has 1 atom stereocenters. The van der Waals surface area contributed by atoms with Crippen LogP contribution < -0.4 is 9.64 Å². The van der Waals surface area contributed by atoms with E-state index in [-0.39, 0.29) is 18.2 Å². The number of aromatic nitrogens is 1. The quantitative estimate of drug-likeness (QED) is 0.308. The van der Waals surface area contributed by atoms with Crippen molar-refractivity contribution in [1.29, 1.82) is 0 Å². The first-order valence-electron chi connectivity index (χ1n) is 13.4. The fourth-order valence-corrected chi connectivity index (χ4v) is 4.98. The molecule has 0 bridgehead atoms. The Hall–Kier alpha value is -3.38. The Balaban J connectivity index is 1.60. The topological polar surface area (TPSA) is 54.9 Å². The molecule has 1 fully saturated rings. The number of likely N-dealkylation sites (N-methyl/N-ethyl adjacent to an activating group) is 1. The molecule has 0 N–H and O–H groups in total. The van der Waals surface area contributed by atoms with Gasteiger partial charge in [-0.15, -0.1) is 0 Å². The van der Waals surface area contributed by atoms with Gasteiger partial charge in [0, 0.05) is 43.0 Å². The van der Waals surface area contributed by atoms with Gasteiger partial charge in [-0.3, -0.25) is 4.90 Å². The molecular formula is C31H39N3O3. The van der Waals surface area contributed by atoms with Gasteiger partial charge in [0.1, 0.15) is 17.1 Å². The number of ether oxygens (including phenoxy) is 2. The second-order valence-corrected chi connectivity index (χ2v) is 10.1. The zero-order valence-electron chi connectivity index (χ0n) is 22.7. The summed E-state index contributed by atoms with van der Waals surface area (Å²) < 4.78 is 11.8. The molecule has 196 valence electrons. The second-order valence-electron chi connectivity index (χ2n) is 10.1. The van der Waals surface area contributed by atoms with E-state index in [0.717, 1.165) is 49.5 Å². The maximum Gasteiger partial charge on any atom is 0.342 e. The Morgan fingerprint density at radius 3 is 2.46 bits per heavy atom. The number of para-hydroxylation sites is 1. The molecule has 2 heterocycles. The molecule has 1 aliphatic heterocycles. The molecule has 6 heteroatoms. The van der Waals surface area contributed by atoms with Crippen molar-refractivity contribution in [2.75, 3.05) is 24.5 Å². The van der Waals surface area contributed by atoms with Crippen LogP contribution in [0.4, 0.5) is 5.82 Å². The lowest BCUT2D eigenvalue weighted by Gasteiger charge is -2.29. The van der Waals surface area contributed by atoms with Gasteiger partial charge in [-0.05, 0) is 58.4 Å². The fraction of sp³-hybridized carbons (Fsp3) is 0.419. The minimum absolute atomic E-state index is 0.130. The van der Waals surface area contributed by atoms with Crippen molar-refractivity contribution in [2.24, 2.45) is 0 Å². The van der Waals surface area contributed by atoms with E-state index >= 15 is 0 Å². The standard InChI is InChI=1S/C31H39N3O3/c1-6-33(20-25-14-10-11-15-28(25)36-22(2)3)26-17-19-34(21-26)30-29(31(35)37-23(4)5)27(16-18-32-30)24-12-8-7-9-13-24/h7-16,18,22-23,26H,6,17,19-21H2,1-5H3. The zero-order chi connectivity index (χ0) is 26.4. The number of anilines is 1. The Bertz CT molecular complexity index is 1180. The SMILES string of the molecule is CCN(Cc1ccccc1OC(C)C)C1CCN(c2nccc(-c3ccccc3)c2C(=O)OC(C)C)C1. The lowest BCUT2D eigenvalue weighted by molar-refractivity contribution is 0.0379. The van der Waals surface area contributed by atoms with E-state index in [2.05, 4.69) is 48.8 Å². The monoisotopic (exact) mass is 501 g/mol. The van der Waals surface area contributed by atoms with Crippen molar-refractivity contribution in [2.45, 2.75) is 65.8 Å². The van der Waals surface area contributed by atoms with Crippen LogP contribution in [0.15, 0.2) is 66.9 Å². The van der Waals surface area contributed by atoms with Crippen LogP contribution in [0.1, 0.15) is 57.0 Å².